The quantitative estimate of drug-likeness (QED) is 0.466. The Morgan fingerprint density at radius 1 is 1.23 bits per heavy atom. The van der Waals surface area contributed by atoms with Crippen molar-refractivity contribution in [2.45, 2.75) is 6.54 Å². The summed E-state index contributed by atoms with van der Waals surface area (Å²) in [5.41, 5.74) is 11.2. The number of rotatable bonds is 4. The first-order valence-electron chi connectivity index (χ1n) is 9.24. The van der Waals surface area contributed by atoms with Crippen LogP contribution in [0, 0.1) is 0 Å². The Morgan fingerprint density at radius 2 is 2.13 bits per heavy atom. The first-order valence-corrected chi connectivity index (χ1v) is 10.1. The van der Waals surface area contributed by atoms with Crippen LogP contribution in [0.15, 0.2) is 55.1 Å². The lowest BCUT2D eigenvalue weighted by atomic mass is 10.1. The van der Waals surface area contributed by atoms with Crippen LogP contribution >= 0.6 is 11.3 Å². The third-order valence-corrected chi connectivity index (χ3v) is 6.04. The van der Waals surface area contributed by atoms with E-state index < -0.39 is 0 Å². The number of aryl methyl sites for hydroxylation is 1. The highest BCUT2D eigenvalue weighted by Gasteiger charge is 2.15. The smallest absolute Gasteiger partial charge is 0.253 e. The topological polar surface area (TPSA) is 112 Å². The number of pyridine rings is 1. The van der Waals surface area contributed by atoms with Gasteiger partial charge in [0.1, 0.15) is 5.52 Å². The molecule has 148 valence electrons. The Bertz CT molecular complexity index is 1390. The molecule has 5 aromatic rings. The van der Waals surface area contributed by atoms with Crippen LogP contribution in [-0.4, -0.2) is 30.6 Å². The minimum atomic E-state index is -0.185. The second-order valence-corrected chi connectivity index (χ2v) is 7.94. The molecule has 0 radical (unpaired) electrons. The molecule has 1 amide bonds. The molecule has 0 aliphatic rings. The van der Waals surface area contributed by atoms with Gasteiger partial charge < -0.3 is 15.6 Å². The molecule has 30 heavy (non-hydrogen) atoms. The monoisotopic (exact) mass is 415 g/mol. The van der Waals surface area contributed by atoms with Crippen molar-refractivity contribution in [3.63, 3.8) is 0 Å². The average Bonchev–Trinajstić information content (AvgIpc) is 3.37. The lowest BCUT2D eigenvalue weighted by Crippen LogP contribution is -2.22. The number of carbonyl (C=O) groups is 1. The summed E-state index contributed by atoms with van der Waals surface area (Å²) in [5, 5.41) is 10.3. The van der Waals surface area contributed by atoms with Crippen molar-refractivity contribution in [3.05, 3.63) is 66.2 Å². The predicted octanol–water partition coefficient (Wildman–Crippen LogP) is 3.15. The zero-order chi connectivity index (χ0) is 20.7. The van der Waals surface area contributed by atoms with E-state index in [2.05, 4.69) is 31.5 Å². The van der Waals surface area contributed by atoms with E-state index in [0.717, 1.165) is 37.3 Å². The molecule has 0 aliphatic carbocycles. The highest BCUT2D eigenvalue weighted by Crippen LogP contribution is 2.38. The van der Waals surface area contributed by atoms with Crippen molar-refractivity contribution in [2.75, 3.05) is 5.73 Å². The van der Waals surface area contributed by atoms with Gasteiger partial charge in [-0.3, -0.25) is 4.79 Å². The highest BCUT2D eigenvalue weighted by molar-refractivity contribution is 7.23. The number of aromatic nitrogens is 5. The summed E-state index contributed by atoms with van der Waals surface area (Å²) in [6.45, 7) is 0.414. The fourth-order valence-electron chi connectivity index (χ4n) is 3.39. The third-order valence-electron chi connectivity index (χ3n) is 4.86. The summed E-state index contributed by atoms with van der Waals surface area (Å²) in [6, 6.07) is 11.8. The minimum Gasteiger partial charge on any atom is -0.382 e. The van der Waals surface area contributed by atoms with Gasteiger partial charge in [-0.25, -0.2) is 9.97 Å². The first-order chi connectivity index (χ1) is 14.6. The molecule has 0 saturated carbocycles. The Hall–Kier alpha value is -3.85. The number of imidazole rings is 1. The summed E-state index contributed by atoms with van der Waals surface area (Å²) in [4.78, 5) is 22.2. The number of nitrogen functional groups attached to an aromatic ring is 1. The van der Waals surface area contributed by atoms with E-state index in [1.54, 1.807) is 23.7 Å². The second-order valence-electron chi connectivity index (χ2n) is 6.89. The van der Waals surface area contributed by atoms with Gasteiger partial charge in [0.2, 0.25) is 0 Å². The van der Waals surface area contributed by atoms with Crippen LogP contribution in [0.1, 0.15) is 15.9 Å². The second kappa shape index (κ2) is 7.20. The van der Waals surface area contributed by atoms with Crippen molar-refractivity contribution >= 4 is 44.3 Å². The molecule has 4 aromatic heterocycles. The van der Waals surface area contributed by atoms with Gasteiger partial charge in [-0.2, -0.15) is 10.2 Å². The summed E-state index contributed by atoms with van der Waals surface area (Å²) in [5.74, 6) is 0.250. The molecule has 3 N–H and O–H groups in total. The van der Waals surface area contributed by atoms with Gasteiger partial charge in [-0.1, -0.05) is 18.2 Å². The number of anilines is 1. The van der Waals surface area contributed by atoms with E-state index in [9.17, 15) is 4.79 Å². The van der Waals surface area contributed by atoms with Crippen LogP contribution in [0.3, 0.4) is 0 Å². The molecular weight excluding hydrogens is 398 g/mol. The van der Waals surface area contributed by atoms with Gasteiger partial charge in [0.15, 0.2) is 5.82 Å². The largest absolute Gasteiger partial charge is 0.382 e. The van der Waals surface area contributed by atoms with Crippen molar-refractivity contribution in [3.8, 4) is 10.4 Å². The molecular formula is C21H17N7OS. The molecule has 9 heteroatoms. The number of benzene rings is 1. The molecule has 0 unspecified atom stereocenters. The molecule has 0 spiro atoms. The van der Waals surface area contributed by atoms with Crippen LogP contribution in [0.4, 0.5) is 5.82 Å². The maximum absolute atomic E-state index is 12.2. The van der Waals surface area contributed by atoms with Gasteiger partial charge in [-0.15, -0.1) is 11.3 Å². The number of nitrogens with zero attached hydrogens (tertiary/aromatic N) is 5. The van der Waals surface area contributed by atoms with Crippen LogP contribution in [0.5, 0.6) is 0 Å². The minimum absolute atomic E-state index is 0.185. The van der Waals surface area contributed by atoms with E-state index in [4.69, 9.17) is 5.73 Å². The zero-order valence-electron chi connectivity index (χ0n) is 16.0. The van der Waals surface area contributed by atoms with Gasteiger partial charge >= 0.3 is 0 Å². The lowest BCUT2D eigenvalue weighted by molar-refractivity contribution is 0.0950. The molecule has 5 rings (SSSR count). The maximum Gasteiger partial charge on any atom is 0.253 e. The standard InChI is InChI=1S/C21H17N7OS/c1-28-11-24-17-18(28)19-15(27-20(17)22)8-16(30-19)13-4-2-3-12(7-13)9-23-21(29)14-5-6-25-26-10-14/h2-8,10-11H,9H2,1H3,(H2,22,27)(H,23,29). The number of hydrogen-bond acceptors (Lipinski definition) is 7. The number of thiophene rings is 1. The summed E-state index contributed by atoms with van der Waals surface area (Å²) < 4.78 is 3.02. The van der Waals surface area contributed by atoms with Gasteiger partial charge in [0.25, 0.3) is 5.91 Å². The van der Waals surface area contributed by atoms with E-state index in [0.29, 0.717) is 17.9 Å². The highest BCUT2D eigenvalue weighted by atomic mass is 32.1. The van der Waals surface area contributed by atoms with Crippen molar-refractivity contribution in [2.24, 2.45) is 7.05 Å². The van der Waals surface area contributed by atoms with Gasteiger partial charge in [-0.05, 0) is 29.3 Å². The molecule has 0 aliphatic heterocycles. The Labute approximate surface area is 175 Å². The van der Waals surface area contributed by atoms with Crippen LogP contribution < -0.4 is 11.1 Å². The zero-order valence-corrected chi connectivity index (χ0v) is 16.8. The van der Waals surface area contributed by atoms with Crippen molar-refractivity contribution in [1.82, 2.24) is 30.0 Å². The molecule has 0 saturated heterocycles. The molecule has 4 heterocycles. The molecule has 8 nitrogen and oxygen atoms in total. The summed E-state index contributed by atoms with van der Waals surface area (Å²) >= 11 is 1.66. The lowest BCUT2D eigenvalue weighted by Gasteiger charge is -2.06. The molecule has 0 fully saturated rings. The number of nitrogens with two attached hydrogens (primary N) is 1. The van der Waals surface area contributed by atoms with Crippen LogP contribution in [0.25, 0.3) is 31.7 Å². The fraction of sp³-hybridized carbons (Fsp3) is 0.0952. The predicted molar refractivity (Wildman–Crippen MR) is 117 cm³/mol. The maximum atomic E-state index is 12.2. The Kier molecular flexibility index (Phi) is 4.36. The summed E-state index contributed by atoms with van der Waals surface area (Å²) in [7, 11) is 1.95. The van der Waals surface area contributed by atoms with Crippen molar-refractivity contribution in [1.29, 1.82) is 0 Å². The normalized spacial score (nSPS) is 11.2. The van der Waals surface area contributed by atoms with Crippen molar-refractivity contribution < 1.29 is 4.79 Å². The Balaban J connectivity index is 1.45. The van der Waals surface area contributed by atoms with E-state index in [1.807, 2.05) is 35.9 Å². The van der Waals surface area contributed by atoms with Crippen LogP contribution in [0.2, 0.25) is 0 Å². The first kappa shape index (κ1) is 18.2. The number of hydrogen-bond donors (Lipinski definition) is 2. The van der Waals surface area contributed by atoms with Crippen LogP contribution in [-0.2, 0) is 13.6 Å². The number of fused-ring (bicyclic) bond motifs is 3. The molecule has 0 atom stereocenters. The molecule has 0 bridgehead atoms. The van der Waals surface area contributed by atoms with E-state index in [-0.39, 0.29) is 5.91 Å². The van der Waals surface area contributed by atoms with E-state index >= 15 is 0 Å². The van der Waals surface area contributed by atoms with Gasteiger partial charge in [0.05, 0.1) is 40.0 Å². The Morgan fingerprint density at radius 3 is 2.97 bits per heavy atom. The average molecular weight is 415 g/mol. The fourth-order valence-corrected chi connectivity index (χ4v) is 4.57. The third kappa shape index (κ3) is 3.15. The summed E-state index contributed by atoms with van der Waals surface area (Å²) in [6.07, 6.45) is 4.70. The number of nitrogens with one attached hydrogen (secondary N) is 1. The SMILES string of the molecule is Cn1cnc2c(N)nc3cc(-c4cccc(CNC(=O)c5ccnnc5)c4)sc3c21. The van der Waals surface area contributed by atoms with E-state index in [1.165, 1.54) is 12.4 Å². The molecule has 1 aromatic carbocycles. The number of carbonyl (C=O) groups excluding carboxylic acids is 1. The number of amides is 1. The van der Waals surface area contributed by atoms with Gasteiger partial charge in [0, 0.05) is 18.5 Å².